The molecule has 0 spiro atoms. The molecule has 1 heterocycles. The third-order valence-corrected chi connectivity index (χ3v) is 4.74. The molecule has 0 aromatic heterocycles. The fourth-order valence-corrected chi connectivity index (χ4v) is 3.03. The lowest BCUT2D eigenvalue weighted by molar-refractivity contribution is -0.384. The molecule has 2 aromatic carbocycles. The summed E-state index contributed by atoms with van der Waals surface area (Å²) in [6.45, 7) is 1.82. The highest BCUT2D eigenvalue weighted by Gasteiger charge is 2.23. The molecule has 2 amide bonds. The summed E-state index contributed by atoms with van der Waals surface area (Å²) in [5.41, 5.74) is 1.30. The number of rotatable bonds is 5. The molecule has 1 aliphatic heterocycles. The number of non-ortho nitro benzene ring substituents is 1. The van der Waals surface area contributed by atoms with E-state index in [1.54, 1.807) is 59.4 Å². The summed E-state index contributed by atoms with van der Waals surface area (Å²) in [6.07, 6.45) is 3.07. The summed E-state index contributed by atoms with van der Waals surface area (Å²) in [5.74, 6) is 0.470. The molecule has 1 saturated heterocycles. The first-order chi connectivity index (χ1) is 14.0. The van der Waals surface area contributed by atoms with Crippen LogP contribution in [0.5, 0.6) is 5.75 Å². The summed E-state index contributed by atoms with van der Waals surface area (Å²) in [5, 5.41) is 10.7. The minimum absolute atomic E-state index is 0.00567. The summed E-state index contributed by atoms with van der Waals surface area (Å²) < 4.78 is 5.10. The number of nitrogens with zero attached hydrogens (tertiary/aromatic N) is 3. The first-order valence-electron chi connectivity index (χ1n) is 9.12. The first-order valence-corrected chi connectivity index (χ1v) is 9.12. The minimum Gasteiger partial charge on any atom is -0.497 e. The van der Waals surface area contributed by atoms with Crippen molar-refractivity contribution in [1.82, 2.24) is 9.80 Å². The molecule has 3 rings (SSSR count). The van der Waals surface area contributed by atoms with Crippen LogP contribution in [0, 0.1) is 10.1 Å². The SMILES string of the molecule is COc1ccc(C(=O)N2CCN(C(=O)/C=C/c3ccc([N+](=O)[O-])cc3)CC2)cc1. The maximum absolute atomic E-state index is 12.6. The molecule has 8 heteroatoms. The molecular weight excluding hydrogens is 374 g/mol. The smallest absolute Gasteiger partial charge is 0.269 e. The molecular formula is C21H21N3O5. The summed E-state index contributed by atoms with van der Waals surface area (Å²) in [6, 6.07) is 12.9. The van der Waals surface area contributed by atoms with E-state index in [4.69, 9.17) is 4.74 Å². The van der Waals surface area contributed by atoms with Crippen LogP contribution in [-0.2, 0) is 4.79 Å². The zero-order valence-electron chi connectivity index (χ0n) is 16.0. The van der Waals surface area contributed by atoms with E-state index in [1.807, 2.05) is 0 Å². The van der Waals surface area contributed by atoms with Crippen LogP contribution in [0.15, 0.2) is 54.6 Å². The Balaban J connectivity index is 1.53. The van der Waals surface area contributed by atoms with Crippen molar-refractivity contribution in [2.75, 3.05) is 33.3 Å². The van der Waals surface area contributed by atoms with E-state index >= 15 is 0 Å². The van der Waals surface area contributed by atoms with Gasteiger partial charge in [0.2, 0.25) is 5.91 Å². The van der Waals surface area contributed by atoms with Crippen molar-refractivity contribution < 1.29 is 19.2 Å². The van der Waals surface area contributed by atoms with Gasteiger partial charge in [0, 0.05) is 50.0 Å². The highest BCUT2D eigenvalue weighted by Crippen LogP contribution is 2.15. The molecule has 0 aliphatic carbocycles. The molecule has 0 saturated carbocycles. The van der Waals surface area contributed by atoms with Gasteiger partial charge in [0.15, 0.2) is 0 Å². The number of nitro benzene ring substituents is 1. The third-order valence-electron chi connectivity index (χ3n) is 4.74. The molecule has 0 bridgehead atoms. The fourth-order valence-electron chi connectivity index (χ4n) is 3.03. The molecule has 8 nitrogen and oxygen atoms in total. The van der Waals surface area contributed by atoms with Crippen molar-refractivity contribution in [3.8, 4) is 5.75 Å². The molecule has 0 N–H and O–H groups in total. The lowest BCUT2D eigenvalue weighted by Gasteiger charge is -2.34. The van der Waals surface area contributed by atoms with Crippen LogP contribution < -0.4 is 4.74 Å². The fraction of sp³-hybridized carbons (Fsp3) is 0.238. The molecule has 0 radical (unpaired) electrons. The maximum Gasteiger partial charge on any atom is 0.269 e. The van der Waals surface area contributed by atoms with E-state index in [2.05, 4.69) is 0 Å². The Kier molecular flexibility index (Phi) is 6.23. The lowest BCUT2D eigenvalue weighted by atomic mass is 10.1. The number of methoxy groups -OCH3 is 1. The van der Waals surface area contributed by atoms with Gasteiger partial charge in [-0.1, -0.05) is 0 Å². The molecule has 0 atom stereocenters. The number of hydrogen-bond acceptors (Lipinski definition) is 5. The molecule has 2 aromatic rings. The van der Waals surface area contributed by atoms with Gasteiger partial charge in [0.25, 0.3) is 11.6 Å². The van der Waals surface area contributed by atoms with Gasteiger partial charge >= 0.3 is 0 Å². The van der Waals surface area contributed by atoms with Crippen LogP contribution in [0.4, 0.5) is 5.69 Å². The van der Waals surface area contributed by atoms with Crippen molar-refractivity contribution in [3.05, 3.63) is 75.8 Å². The normalized spacial score (nSPS) is 14.1. The quantitative estimate of drug-likeness (QED) is 0.441. The van der Waals surface area contributed by atoms with E-state index in [1.165, 1.54) is 18.2 Å². The van der Waals surface area contributed by atoms with Crippen LogP contribution in [-0.4, -0.2) is 59.8 Å². The number of amides is 2. The highest BCUT2D eigenvalue weighted by atomic mass is 16.6. The molecule has 1 fully saturated rings. The number of hydrogen-bond donors (Lipinski definition) is 0. The number of benzene rings is 2. The monoisotopic (exact) mass is 395 g/mol. The van der Waals surface area contributed by atoms with E-state index < -0.39 is 4.92 Å². The largest absolute Gasteiger partial charge is 0.497 e. The second-order valence-electron chi connectivity index (χ2n) is 6.53. The van der Waals surface area contributed by atoms with E-state index in [0.717, 1.165) is 0 Å². The Hall–Kier alpha value is -3.68. The van der Waals surface area contributed by atoms with Crippen LogP contribution in [0.1, 0.15) is 15.9 Å². The lowest BCUT2D eigenvalue weighted by Crippen LogP contribution is -2.50. The van der Waals surface area contributed by atoms with Crippen LogP contribution >= 0.6 is 0 Å². The van der Waals surface area contributed by atoms with Gasteiger partial charge in [0.05, 0.1) is 12.0 Å². The Labute approximate surface area is 168 Å². The number of ether oxygens (including phenoxy) is 1. The number of carbonyl (C=O) groups is 2. The molecule has 150 valence electrons. The summed E-state index contributed by atoms with van der Waals surface area (Å²) >= 11 is 0. The van der Waals surface area contributed by atoms with Gasteiger partial charge in [-0.25, -0.2) is 0 Å². The van der Waals surface area contributed by atoms with E-state index in [-0.39, 0.29) is 17.5 Å². The summed E-state index contributed by atoms with van der Waals surface area (Å²) in [4.78, 5) is 38.6. The van der Waals surface area contributed by atoms with Gasteiger partial charge in [-0.05, 0) is 48.0 Å². The van der Waals surface area contributed by atoms with Crippen molar-refractivity contribution in [2.24, 2.45) is 0 Å². The Morgan fingerprint density at radius 2 is 1.55 bits per heavy atom. The van der Waals surface area contributed by atoms with Crippen LogP contribution in [0.2, 0.25) is 0 Å². The van der Waals surface area contributed by atoms with Gasteiger partial charge in [-0.3, -0.25) is 19.7 Å². The van der Waals surface area contributed by atoms with Gasteiger partial charge < -0.3 is 14.5 Å². The van der Waals surface area contributed by atoms with Gasteiger partial charge in [0.1, 0.15) is 5.75 Å². The average molecular weight is 395 g/mol. The van der Waals surface area contributed by atoms with Gasteiger partial charge in [-0.15, -0.1) is 0 Å². The topological polar surface area (TPSA) is 93.0 Å². The zero-order chi connectivity index (χ0) is 20.8. The second-order valence-corrected chi connectivity index (χ2v) is 6.53. The van der Waals surface area contributed by atoms with E-state index in [0.29, 0.717) is 43.1 Å². The van der Waals surface area contributed by atoms with Crippen molar-refractivity contribution in [2.45, 2.75) is 0 Å². The van der Waals surface area contributed by atoms with Crippen LogP contribution in [0.25, 0.3) is 6.08 Å². The predicted molar refractivity (Wildman–Crippen MR) is 108 cm³/mol. The number of piperazine rings is 1. The van der Waals surface area contributed by atoms with Crippen molar-refractivity contribution >= 4 is 23.6 Å². The number of nitro groups is 1. The number of carbonyl (C=O) groups excluding carboxylic acids is 2. The van der Waals surface area contributed by atoms with E-state index in [9.17, 15) is 19.7 Å². The Bertz CT molecular complexity index is 914. The zero-order valence-corrected chi connectivity index (χ0v) is 16.0. The highest BCUT2D eigenvalue weighted by molar-refractivity contribution is 5.95. The molecule has 0 unspecified atom stereocenters. The average Bonchev–Trinajstić information content (AvgIpc) is 2.77. The van der Waals surface area contributed by atoms with Crippen molar-refractivity contribution in [1.29, 1.82) is 0 Å². The molecule has 29 heavy (non-hydrogen) atoms. The third kappa shape index (κ3) is 4.98. The van der Waals surface area contributed by atoms with Gasteiger partial charge in [-0.2, -0.15) is 0 Å². The minimum atomic E-state index is -0.467. The first kappa shape index (κ1) is 20.1. The Morgan fingerprint density at radius 3 is 2.10 bits per heavy atom. The Morgan fingerprint density at radius 1 is 0.966 bits per heavy atom. The summed E-state index contributed by atoms with van der Waals surface area (Å²) in [7, 11) is 1.57. The molecule has 1 aliphatic rings. The van der Waals surface area contributed by atoms with Crippen LogP contribution in [0.3, 0.4) is 0 Å². The second kappa shape index (κ2) is 9.01. The standard InChI is InChI=1S/C21H21N3O5/c1-29-19-9-5-17(6-10-19)21(26)23-14-12-22(13-15-23)20(25)11-4-16-2-7-18(8-3-16)24(27)28/h2-11H,12-15H2,1H3/b11-4+. The predicted octanol–water partition coefficient (Wildman–Crippen LogP) is 2.60. The van der Waals surface area contributed by atoms with Crippen molar-refractivity contribution in [3.63, 3.8) is 0 Å². The maximum atomic E-state index is 12.6.